The zero-order valence-corrected chi connectivity index (χ0v) is 12.8. The number of aryl methyl sites for hydroxylation is 1. The summed E-state index contributed by atoms with van der Waals surface area (Å²) >= 11 is 6.36. The van der Waals surface area contributed by atoms with Gasteiger partial charge >= 0.3 is 0 Å². The first-order chi connectivity index (χ1) is 9.95. The van der Waals surface area contributed by atoms with Crippen LogP contribution < -0.4 is 5.73 Å². The standard InChI is InChI=1S/C15H12F2N2S2/c1-9-2-5-11(6-3-9)21-15(20)19-14(18)12-7-4-10(16)8-13(12)17/h2-8H,1H3,(H2,18,19,20). The topological polar surface area (TPSA) is 38.4 Å². The van der Waals surface area contributed by atoms with Crippen LogP contribution in [0.3, 0.4) is 0 Å². The summed E-state index contributed by atoms with van der Waals surface area (Å²) in [6.45, 7) is 1.99. The molecule has 6 heteroatoms. The van der Waals surface area contributed by atoms with Crippen molar-refractivity contribution in [1.82, 2.24) is 0 Å². The van der Waals surface area contributed by atoms with Crippen molar-refractivity contribution in [2.24, 2.45) is 10.7 Å². The van der Waals surface area contributed by atoms with Crippen LogP contribution >= 0.6 is 24.0 Å². The Morgan fingerprint density at radius 2 is 1.81 bits per heavy atom. The normalized spacial score (nSPS) is 11.5. The van der Waals surface area contributed by atoms with E-state index in [0.717, 1.165) is 22.6 Å². The number of aliphatic imine (C=N–C) groups is 1. The first kappa shape index (κ1) is 15.6. The summed E-state index contributed by atoms with van der Waals surface area (Å²) in [6.07, 6.45) is 0. The Bertz CT molecular complexity index is 697. The zero-order chi connectivity index (χ0) is 15.4. The molecule has 2 aromatic rings. The molecule has 2 N–H and O–H groups in total. The summed E-state index contributed by atoms with van der Waals surface area (Å²) in [4.78, 5) is 4.90. The fourth-order valence-electron chi connectivity index (χ4n) is 1.59. The molecule has 0 bridgehead atoms. The molecule has 21 heavy (non-hydrogen) atoms. The average molecular weight is 322 g/mol. The minimum Gasteiger partial charge on any atom is -0.383 e. The molecule has 2 rings (SSSR count). The van der Waals surface area contributed by atoms with E-state index in [2.05, 4.69) is 4.99 Å². The van der Waals surface area contributed by atoms with Gasteiger partial charge in [0.2, 0.25) is 0 Å². The summed E-state index contributed by atoms with van der Waals surface area (Å²) in [5.41, 5.74) is 6.88. The highest BCUT2D eigenvalue weighted by molar-refractivity contribution is 8.23. The van der Waals surface area contributed by atoms with Crippen LogP contribution in [0.5, 0.6) is 0 Å². The molecule has 2 aromatic carbocycles. The van der Waals surface area contributed by atoms with Crippen LogP contribution in [-0.4, -0.2) is 10.2 Å². The molecule has 0 amide bonds. The van der Waals surface area contributed by atoms with Crippen LogP contribution in [0.2, 0.25) is 0 Å². The van der Waals surface area contributed by atoms with Crippen molar-refractivity contribution in [2.45, 2.75) is 11.8 Å². The molecule has 2 nitrogen and oxygen atoms in total. The second kappa shape index (κ2) is 6.78. The van der Waals surface area contributed by atoms with Crippen molar-refractivity contribution in [2.75, 3.05) is 0 Å². The Morgan fingerprint density at radius 3 is 2.43 bits per heavy atom. The molecule has 108 valence electrons. The molecule has 0 spiro atoms. The van der Waals surface area contributed by atoms with Crippen molar-refractivity contribution in [1.29, 1.82) is 0 Å². The van der Waals surface area contributed by atoms with Gasteiger partial charge in [-0.15, -0.1) is 0 Å². The van der Waals surface area contributed by atoms with Crippen LogP contribution in [0.15, 0.2) is 52.4 Å². The molecule has 0 aliphatic heterocycles. The lowest BCUT2D eigenvalue weighted by Gasteiger charge is -2.04. The number of amidine groups is 1. The molecule has 0 fully saturated rings. The summed E-state index contributed by atoms with van der Waals surface area (Å²) in [5.74, 6) is -1.50. The van der Waals surface area contributed by atoms with Crippen molar-refractivity contribution in [3.63, 3.8) is 0 Å². The molecular weight excluding hydrogens is 310 g/mol. The van der Waals surface area contributed by atoms with Gasteiger partial charge in [0.15, 0.2) is 4.32 Å². The highest BCUT2D eigenvalue weighted by atomic mass is 32.2. The van der Waals surface area contributed by atoms with Crippen LogP contribution in [0.4, 0.5) is 8.78 Å². The Morgan fingerprint density at radius 1 is 1.14 bits per heavy atom. The number of rotatable bonds is 2. The lowest BCUT2D eigenvalue weighted by molar-refractivity contribution is 0.581. The monoisotopic (exact) mass is 322 g/mol. The van der Waals surface area contributed by atoms with Gasteiger partial charge in [0.05, 0.1) is 5.56 Å². The van der Waals surface area contributed by atoms with Gasteiger partial charge in [-0.05, 0) is 31.2 Å². The molecule has 0 radical (unpaired) electrons. The van der Waals surface area contributed by atoms with E-state index < -0.39 is 11.6 Å². The van der Waals surface area contributed by atoms with Gasteiger partial charge in [-0.25, -0.2) is 13.8 Å². The maximum absolute atomic E-state index is 13.6. The van der Waals surface area contributed by atoms with Gasteiger partial charge in [0.1, 0.15) is 17.5 Å². The summed E-state index contributed by atoms with van der Waals surface area (Å²) in [7, 11) is 0. The molecule has 0 saturated heterocycles. The number of thiocarbonyl (C=S) groups is 1. The van der Waals surface area contributed by atoms with E-state index in [-0.39, 0.29) is 15.7 Å². The van der Waals surface area contributed by atoms with E-state index in [1.807, 2.05) is 31.2 Å². The van der Waals surface area contributed by atoms with E-state index in [0.29, 0.717) is 0 Å². The van der Waals surface area contributed by atoms with Crippen LogP contribution in [0.25, 0.3) is 0 Å². The summed E-state index contributed by atoms with van der Waals surface area (Å²) in [6, 6.07) is 10.9. The molecular formula is C15H12F2N2S2. The Kier molecular flexibility index (Phi) is 5.03. The smallest absolute Gasteiger partial charge is 0.166 e. The number of benzene rings is 2. The highest BCUT2D eigenvalue weighted by Gasteiger charge is 2.09. The van der Waals surface area contributed by atoms with E-state index in [1.165, 1.54) is 17.8 Å². The predicted octanol–water partition coefficient (Wildman–Crippen LogP) is 4.06. The molecule has 0 atom stereocenters. The Hall–Kier alpha value is -1.79. The predicted molar refractivity (Wildman–Crippen MR) is 86.7 cm³/mol. The fourth-order valence-corrected chi connectivity index (χ4v) is 2.59. The van der Waals surface area contributed by atoms with E-state index in [9.17, 15) is 8.78 Å². The third kappa shape index (κ3) is 4.34. The number of nitrogens with zero attached hydrogens (tertiary/aromatic N) is 1. The average Bonchev–Trinajstić information content (AvgIpc) is 2.41. The van der Waals surface area contributed by atoms with E-state index in [1.54, 1.807) is 0 Å². The lowest BCUT2D eigenvalue weighted by atomic mass is 10.2. The van der Waals surface area contributed by atoms with Crippen molar-refractivity contribution in [3.05, 3.63) is 65.2 Å². The molecule has 0 aromatic heterocycles. The minimum absolute atomic E-state index is 0.0308. The summed E-state index contributed by atoms with van der Waals surface area (Å²) in [5, 5.41) is 0. The third-order valence-electron chi connectivity index (χ3n) is 2.64. The highest BCUT2D eigenvalue weighted by Crippen LogP contribution is 2.21. The van der Waals surface area contributed by atoms with Gasteiger partial charge in [-0.1, -0.05) is 41.7 Å². The molecule has 0 saturated carbocycles. The van der Waals surface area contributed by atoms with Crippen LogP contribution in [-0.2, 0) is 0 Å². The molecule has 0 aliphatic carbocycles. The third-order valence-corrected chi connectivity index (χ3v) is 3.76. The zero-order valence-electron chi connectivity index (χ0n) is 11.1. The maximum atomic E-state index is 13.6. The quantitative estimate of drug-likeness (QED) is 0.392. The maximum Gasteiger partial charge on any atom is 0.166 e. The SMILES string of the molecule is Cc1ccc(SC(=S)/N=C(\N)c2ccc(F)cc2F)cc1. The first-order valence-corrected chi connectivity index (χ1v) is 7.26. The second-order valence-electron chi connectivity index (χ2n) is 4.30. The van der Waals surface area contributed by atoms with Crippen LogP contribution in [0.1, 0.15) is 11.1 Å². The first-order valence-electron chi connectivity index (χ1n) is 6.04. The minimum atomic E-state index is -0.764. The Labute approximate surface area is 131 Å². The number of hydrogen-bond donors (Lipinski definition) is 1. The van der Waals surface area contributed by atoms with Gasteiger partial charge in [-0.2, -0.15) is 0 Å². The number of thioether (sulfide) groups is 1. The van der Waals surface area contributed by atoms with Crippen molar-refractivity contribution in [3.8, 4) is 0 Å². The van der Waals surface area contributed by atoms with Gasteiger partial charge in [0.25, 0.3) is 0 Å². The van der Waals surface area contributed by atoms with Crippen LogP contribution in [0, 0.1) is 18.6 Å². The van der Waals surface area contributed by atoms with E-state index in [4.69, 9.17) is 18.0 Å². The lowest BCUT2D eigenvalue weighted by Crippen LogP contribution is -2.16. The number of hydrogen-bond acceptors (Lipinski definition) is 2. The van der Waals surface area contributed by atoms with E-state index >= 15 is 0 Å². The number of nitrogens with two attached hydrogens (primary N) is 1. The second-order valence-corrected chi connectivity index (χ2v) is 6.01. The molecule has 0 heterocycles. The largest absolute Gasteiger partial charge is 0.383 e. The van der Waals surface area contributed by atoms with Gasteiger partial charge in [-0.3, -0.25) is 0 Å². The number of halogens is 2. The Balaban J connectivity index is 2.14. The van der Waals surface area contributed by atoms with Gasteiger partial charge < -0.3 is 5.73 Å². The molecule has 0 unspecified atom stereocenters. The fraction of sp³-hybridized carbons (Fsp3) is 0.0667. The van der Waals surface area contributed by atoms with Gasteiger partial charge in [0, 0.05) is 11.0 Å². The molecule has 0 aliphatic rings. The van der Waals surface area contributed by atoms with Crippen molar-refractivity contribution >= 4 is 34.1 Å². The van der Waals surface area contributed by atoms with Crippen molar-refractivity contribution < 1.29 is 8.78 Å². The summed E-state index contributed by atoms with van der Waals surface area (Å²) < 4.78 is 26.7.